The summed E-state index contributed by atoms with van der Waals surface area (Å²) < 4.78 is 5.08. The number of rotatable bonds is 9. The number of hydrogen-bond acceptors (Lipinski definition) is 2. The van der Waals surface area contributed by atoms with Gasteiger partial charge in [-0.15, -0.1) is 0 Å². The van der Waals surface area contributed by atoms with Crippen LogP contribution in [0.25, 0.3) is 0 Å². The van der Waals surface area contributed by atoms with E-state index in [0.29, 0.717) is 18.9 Å². The van der Waals surface area contributed by atoms with Crippen LogP contribution < -0.4 is 17.7 Å². The van der Waals surface area contributed by atoms with Crippen molar-refractivity contribution in [2.45, 2.75) is 45.1 Å². The number of hydrogen-bond donors (Lipinski definition) is 1. The molecule has 0 radical (unpaired) electrons. The van der Waals surface area contributed by atoms with Crippen LogP contribution in [0.15, 0.2) is 60.7 Å². The van der Waals surface area contributed by atoms with E-state index in [-0.39, 0.29) is 23.9 Å². The third-order valence-electron chi connectivity index (χ3n) is 4.46. The number of carbonyl (C=O) groups is 1. The Kier molecular flexibility index (Phi) is 9.39. The second-order valence-corrected chi connectivity index (χ2v) is 7.13. The zero-order valence-corrected chi connectivity index (χ0v) is 16.7. The smallest absolute Gasteiger partial charge is 0.312 e. The first kappa shape index (κ1) is 22.2. The SMILES string of the molecule is CCOC(=O)CC(C)(C)[NH2+]CCC(c1ccccc1)c1ccccc1.[Cl-]. The second-order valence-electron chi connectivity index (χ2n) is 7.13. The fourth-order valence-corrected chi connectivity index (χ4v) is 3.19. The Bertz CT molecular complexity index is 604. The molecule has 0 bridgehead atoms. The van der Waals surface area contributed by atoms with Crippen molar-refractivity contribution in [2.75, 3.05) is 13.2 Å². The van der Waals surface area contributed by atoms with Crippen LogP contribution in [0.5, 0.6) is 0 Å². The molecule has 0 aliphatic rings. The summed E-state index contributed by atoms with van der Waals surface area (Å²) in [6.07, 6.45) is 1.46. The highest BCUT2D eigenvalue weighted by Crippen LogP contribution is 2.27. The molecular weight excluding hydrogens is 346 g/mol. The van der Waals surface area contributed by atoms with E-state index in [9.17, 15) is 4.79 Å². The maximum Gasteiger partial charge on any atom is 0.312 e. The summed E-state index contributed by atoms with van der Waals surface area (Å²) >= 11 is 0. The average Bonchev–Trinajstić information content (AvgIpc) is 2.60. The van der Waals surface area contributed by atoms with Crippen LogP contribution in [0, 0.1) is 0 Å². The van der Waals surface area contributed by atoms with Crippen molar-refractivity contribution in [1.82, 2.24) is 0 Å². The number of halogens is 1. The third kappa shape index (κ3) is 7.19. The molecule has 26 heavy (non-hydrogen) atoms. The Balaban J connectivity index is 0.00000338. The lowest BCUT2D eigenvalue weighted by Gasteiger charge is -2.24. The molecule has 0 unspecified atom stereocenters. The average molecular weight is 376 g/mol. The van der Waals surface area contributed by atoms with Crippen molar-refractivity contribution in [1.29, 1.82) is 0 Å². The van der Waals surface area contributed by atoms with E-state index in [1.54, 1.807) is 0 Å². The summed E-state index contributed by atoms with van der Waals surface area (Å²) in [5.74, 6) is 0.253. The zero-order valence-electron chi connectivity index (χ0n) is 16.0. The lowest BCUT2D eigenvalue weighted by atomic mass is 9.88. The van der Waals surface area contributed by atoms with Gasteiger partial charge in [-0.3, -0.25) is 4.79 Å². The minimum atomic E-state index is -0.149. The lowest BCUT2D eigenvalue weighted by Crippen LogP contribution is -3.00. The first-order chi connectivity index (χ1) is 12.0. The van der Waals surface area contributed by atoms with Gasteiger partial charge in [0.2, 0.25) is 0 Å². The normalized spacial score (nSPS) is 11.1. The molecule has 0 saturated heterocycles. The number of esters is 1. The highest BCUT2D eigenvalue weighted by Gasteiger charge is 2.26. The van der Waals surface area contributed by atoms with Crippen molar-refractivity contribution < 1.29 is 27.3 Å². The van der Waals surface area contributed by atoms with Crippen LogP contribution >= 0.6 is 0 Å². The van der Waals surface area contributed by atoms with E-state index < -0.39 is 0 Å². The Morgan fingerprint density at radius 1 is 1.00 bits per heavy atom. The van der Waals surface area contributed by atoms with Gasteiger partial charge in [-0.2, -0.15) is 0 Å². The van der Waals surface area contributed by atoms with Gasteiger partial charge in [0.05, 0.1) is 19.6 Å². The first-order valence-electron chi connectivity index (χ1n) is 9.12. The molecule has 0 aliphatic carbocycles. The lowest BCUT2D eigenvalue weighted by molar-refractivity contribution is -0.720. The fraction of sp³-hybridized carbons (Fsp3) is 0.409. The third-order valence-corrected chi connectivity index (χ3v) is 4.46. The molecule has 0 aliphatic heterocycles. The van der Waals surface area contributed by atoms with Gasteiger partial charge in [-0.25, -0.2) is 0 Å². The molecule has 0 amide bonds. The summed E-state index contributed by atoms with van der Waals surface area (Å²) in [7, 11) is 0. The summed E-state index contributed by atoms with van der Waals surface area (Å²) in [6, 6.07) is 21.3. The van der Waals surface area contributed by atoms with E-state index in [4.69, 9.17) is 4.74 Å². The Labute approximate surface area is 163 Å². The molecular formula is C22H30ClNO2. The number of carbonyl (C=O) groups excluding carboxylic acids is 1. The molecule has 0 atom stereocenters. The molecule has 0 heterocycles. The van der Waals surface area contributed by atoms with Crippen LogP contribution in [0.3, 0.4) is 0 Å². The van der Waals surface area contributed by atoms with E-state index in [0.717, 1.165) is 13.0 Å². The van der Waals surface area contributed by atoms with Crippen LogP contribution in [0.2, 0.25) is 0 Å². The van der Waals surface area contributed by atoms with Gasteiger partial charge >= 0.3 is 5.97 Å². The molecule has 2 aromatic carbocycles. The second kappa shape index (κ2) is 11.0. The predicted octanol–water partition coefficient (Wildman–Crippen LogP) is 0.508. The monoisotopic (exact) mass is 375 g/mol. The number of ether oxygens (including phenoxy) is 1. The predicted molar refractivity (Wildman–Crippen MR) is 101 cm³/mol. The van der Waals surface area contributed by atoms with Gasteiger partial charge < -0.3 is 22.5 Å². The molecule has 142 valence electrons. The van der Waals surface area contributed by atoms with Crippen molar-refractivity contribution >= 4 is 5.97 Å². The standard InChI is InChI=1S/C22H29NO2.ClH/c1-4-25-21(24)17-22(2,3)23-16-15-20(18-11-7-5-8-12-18)19-13-9-6-10-14-19;/h5-14,20,23H,4,15-17H2,1-3H3;1H. The molecule has 0 spiro atoms. The molecule has 0 fully saturated rings. The maximum atomic E-state index is 11.8. The molecule has 3 nitrogen and oxygen atoms in total. The van der Waals surface area contributed by atoms with Gasteiger partial charge in [-0.05, 0) is 31.9 Å². The Morgan fingerprint density at radius 3 is 1.96 bits per heavy atom. The Morgan fingerprint density at radius 2 is 1.50 bits per heavy atom. The highest BCUT2D eigenvalue weighted by atomic mass is 35.5. The summed E-state index contributed by atoms with van der Waals surface area (Å²) in [6.45, 7) is 7.45. The van der Waals surface area contributed by atoms with Gasteiger partial charge in [0.15, 0.2) is 0 Å². The minimum Gasteiger partial charge on any atom is -1.00 e. The van der Waals surface area contributed by atoms with Gasteiger partial charge in [0.25, 0.3) is 0 Å². The summed E-state index contributed by atoms with van der Waals surface area (Å²) in [5, 5.41) is 2.27. The molecule has 2 aromatic rings. The van der Waals surface area contributed by atoms with Gasteiger partial charge in [-0.1, -0.05) is 60.7 Å². The van der Waals surface area contributed by atoms with E-state index in [1.807, 2.05) is 6.92 Å². The van der Waals surface area contributed by atoms with Crippen LogP contribution in [0.4, 0.5) is 0 Å². The number of nitrogens with two attached hydrogens (primary N) is 1. The molecule has 0 saturated carbocycles. The van der Waals surface area contributed by atoms with Gasteiger partial charge in [0.1, 0.15) is 5.54 Å². The van der Waals surface area contributed by atoms with E-state index >= 15 is 0 Å². The van der Waals surface area contributed by atoms with Gasteiger partial charge in [0, 0.05) is 12.3 Å². The summed E-state index contributed by atoms with van der Waals surface area (Å²) in [4.78, 5) is 11.8. The molecule has 0 aromatic heterocycles. The van der Waals surface area contributed by atoms with Crippen molar-refractivity contribution in [3.8, 4) is 0 Å². The van der Waals surface area contributed by atoms with E-state index in [2.05, 4.69) is 79.8 Å². The van der Waals surface area contributed by atoms with Crippen molar-refractivity contribution in [3.63, 3.8) is 0 Å². The first-order valence-corrected chi connectivity index (χ1v) is 9.12. The number of quaternary nitrogens is 1. The molecule has 2 N–H and O–H groups in total. The van der Waals surface area contributed by atoms with Crippen LogP contribution in [-0.2, 0) is 9.53 Å². The topological polar surface area (TPSA) is 42.9 Å². The summed E-state index contributed by atoms with van der Waals surface area (Å²) in [5.41, 5.74) is 2.53. The minimum absolute atomic E-state index is 0. The van der Waals surface area contributed by atoms with Crippen molar-refractivity contribution in [2.24, 2.45) is 0 Å². The maximum absolute atomic E-state index is 11.8. The molecule has 4 heteroatoms. The van der Waals surface area contributed by atoms with Crippen LogP contribution in [0.1, 0.15) is 50.7 Å². The highest BCUT2D eigenvalue weighted by molar-refractivity contribution is 5.70. The molecule has 2 rings (SSSR count). The largest absolute Gasteiger partial charge is 1.00 e. The van der Waals surface area contributed by atoms with Crippen molar-refractivity contribution in [3.05, 3.63) is 71.8 Å². The Hall–Kier alpha value is -1.84. The quantitative estimate of drug-likeness (QED) is 0.649. The zero-order chi connectivity index (χ0) is 18.1. The fourth-order valence-electron chi connectivity index (χ4n) is 3.19. The number of benzene rings is 2. The van der Waals surface area contributed by atoms with E-state index in [1.165, 1.54) is 11.1 Å². The van der Waals surface area contributed by atoms with Crippen LogP contribution in [-0.4, -0.2) is 24.7 Å².